The van der Waals surface area contributed by atoms with E-state index in [1.165, 1.54) is 0 Å². The van der Waals surface area contributed by atoms with Gasteiger partial charge in [-0.25, -0.2) is 4.79 Å². The molecule has 96 valence electrons. The molecule has 4 nitrogen and oxygen atoms in total. The van der Waals surface area contributed by atoms with Gasteiger partial charge >= 0.3 is 11.9 Å². The molecule has 2 unspecified atom stereocenters. The summed E-state index contributed by atoms with van der Waals surface area (Å²) in [7, 11) is 0. The molecule has 0 aliphatic carbocycles. The van der Waals surface area contributed by atoms with Gasteiger partial charge in [-0.15, -0.1) is 0 Å². The van der Waals surface area contributed by atoms with Crippen LogP contribution in [-0.4, -0.2) is 23.6 Å². The lowest BCUT2D eigenvalue weighted by Gasteiger charge is -2.31. The summed E-state index contributed by atoms with van der Waals surface area (Å²) in [6.45, 7) is 9.07. The first-order chi connectivity index (χ1) is 7.95. The minimum absolute atomic E-state index is 0.151. The second kappa shape index (κ2) is 5.34. The summed E-state index contributed by atoms with van der Waals surface area (Å²) in [5.41, 5.74) is -0.453. The van der Waals surface area contributed by atoms with Crippen LogP contribution in [0.5, 0.6) is 0 Å². The molecular formula is C13H20O4. The summed E-state index contributed by atoms with van der Waals surface area (Å²) in [5, 5.41) is 0. The third-order valence-corrected chi connectivity index (χ3v) is 2.99. The maximum Gasteiger partial charge on any atom is 0.333 e. The van der Waals surface area contributed by atoms with E-state index in [1.807, 2.05) is 13.8 Å². The molecule has 0 radical (unpaired) electrons. The largest absolute Gasteiger partial charge is 0.458 e. The molecular weight excluding hydrogens is 220 g/mol. The second-order valence-electron chi connectivity index (χ2n) is 4.55. The fourth-order valence-corrected chi connectivity index (χ4v) is 2.22. The highest BCUT2D eigenvalue weighted by molar-refractivity contribution is 5.88. The van der Waals surface area contributed by atoms with E-state index in [0.29, 0.717) is 18.4 Å². The first-order valence-corrected chi connectivity index (χ1v) is 6.03. The van der Waals surface area contributed by atoms with Gasteiger partial charge in [0.25, 0.3) is 0 Å². The first-order valence-electron chi connectivity index (χ1n) is 6.03. The van der Waals surface area contributed by atoms with Crippen molar-refractivity contribution >= 4 is 11.9 Å². The molecule has 1 heterocycles. The van der Waals surface area contributed by atoms with Gasteiger partial charge in [-0.2, -0.15) is 0 Å². The Kier molecular flexibility index (Phi) is 4.32. The summed E-state index contributed by atoms with van der Waals surface area (Å²) in [6.07, 6.45) is 1.93. The van der Waals surface area contributed by atoms with E-state index < -0.39 is 11.6 Å². The van der Waals surface area contributed by atoms with E-state index in [2.05, 4.69) is 6.58 Å². The fraction of sp³-hybridized carbons (Fsp3) is 0.692. The SMILES string of the molecule is C=C(C)C(=O)OC1(CCC)CC(=O)OC1CC. The number of ether oxygens (including phenoxy) is 2. The van der Waals surface area contributed by atoms with Crippen molar-refractivity contribution in [3.63, 3.8) is 0 Å². The molecule has 0 amide bonds. The van der Waals surface area contributed by atoms with Gasteiger partial charge < -0.3 is 9.47 Å². The molecule has 0 aromatic rings. The Morgan fingerprint density at radius 3 is 2.71 bits per heavy atom. The van der Waals surface area contributed by atoms with Gasteiger partial charge in [0, 0.05) is 5.57 Å². The molecule has 0 N–H and O–H groups in total. The second-order valence-corrected chi connectivity index (χ2v) is 4.55. The van der Waals surface area contributed by atoms with Crippen LogP contribution in [0.2, 0.25) is 0 Å². The standard InChI is InChI=1S/C13H20O4/c1-5-7-13(17-12(15)9(3)4)8-11(14)16-10(13)6-2/h10H,3,5-8H2,1-2,4H3. The Morgan fingerprint density at radius 2 is 2.24 bits per heavy atom. The Hall–Kier alpha value is -1.32. The summed E-state index contributed by atoms with van der Waals surface area (Å²) < 4.78 is 10.7. The van der Waals surface area contributed by atoms with Crippen LogP contribution in [0.25, 0.3) is 0 Å². The van der Waals surface area contributed by atoms with Crippen molar-refractivity contribution in [3.05, 3.63) is 12.2 Å². The lowest BCUT2D eigenvalue weighted by molar-refractivity contribution is -0.163. The highest BCUT2D eigenvalue weighted by atomic mass is 16.6. The first kappa shape index (κ1) is 13.7. The van der Waals surface area contributed by atoms with E-state index in [9.17, 15) is 9.59 Å². The number of carbonyl (C=O) groups excluding carboxylic acids is 2. The molecule has 4 heteroatoms. The third kappa shape index (κ3) is 2.87. The Morgan fingerprint density at radius 1 is 1.59 bits per heavy atom. The van der Waals surface area contributed by atoms with Crippen molar-refractivity contribution < 1.29 is 19.1 Å². The van der Waals surface area contributed by atoms with Crippen LogP contribution in [-0.2, 0) is 19.1 Å². The van der Waals surface area contributed by atoms with Crippen LogP contribution in [0, 0.1) is 0 Å². The fourth-order valence-electron chi connectivity index (χ4n) is 2.22. The van der Waals surface area contributed by atoms with Crippen molar-refractivity contribution in [1.29, 1.82) is 0 Å². The molecule has 0 spiro atoms. The highest BCUT2D eigenvalue weighted by Crippen LogP contribution is 2.37. The molecule has 0 bridgehead atoms. The minimum atomic E-state index is -0.795. The number of hydrogen-bond acceptors (Lipinski definition) is 4. The Balaban J connectivity index is 2.91. The molecule has 1 aliphatic rings. The van der Waals surface area contributed by atoms with Crippen LogP contribution in [0.3, 0.4) is 0 Å². The average Bonchev–Trinajstić information content (AvgIpc) is 2.55. The molecule has 1 saturated heterocycles. The maximum atomic E-state index is 11.7. The lowest BCUT2D eigenvalue weighted by Crippen LogP contribution is -2.42. The minimum Gasteiger partial charge on any atom is -0.458 e. The topological polar surface area (TPSA) is 52.6 Å². The van der Waals surface area contributed by atoms with Crippen LogP contribution in [0.1, 0.15) is 46.5 Å². The number of hydrogen-bond donors (Lipinski definition) is 0. The number of esters is 2. The number of carbonyl (C=O) groups is 2. The summed E-state index contributed by atoms with van der Waals surface area (Å²) in [4.78, 5) is 23.1. The number of rotatable bonds is 5. The monoisotopic (exact) mass is 240 g/mol. The van der Waals surface area contributed by atoms with Gasteiger partial charge in [0.2, 0.25) is 0 Å². The summed E-state index contributed by atoms with van der Waals surface area (Å²) in [5.74, 6) is -0.741. The van der Waals surface area contributed by atoms with E-state index in [-0.39, 0.29) is 18.5 Å². The predicted octanol–water partition coefficient (Wildman–Crippen LogP) is 2.37. The smallest absolute Gasteiger partial charge is 0.333 e. The van der Waals surface area contributed by atoms with Crippen molar-refractivity contribution in [2.24, 2.45) is 0 Å². The third-order valence-electron chi connectivity index (χ3n) is 2.99. The van der Waals surface area contributed by atoms with Crippen molar-refractivity contribution in [2.75, 3.05) is 0 Å². The van der Waals surface area contributed by atoms with Gasteiger partial charge in [0.15, 0.2) is 5.60 Å². The van der Waals surface area contributed by atoms with Crippen molar-refractivity contribution in [3.8, 4) is 0 Å². The predicted molar refractivity (Wildman–Crippen MR) is 63.3 cm³/mol. The van der Waals surface area contributed by atoms with Crippen LogP contribution >= 0.6 is 0 Å². The van der Waals surface area contributed by atoms with Gasteiger partial charge in [0.05, 0.1) is 6.42 Å². The highest BCUT2D eigenvalue weighted by Gasteiger charge is 2.50. The zero-order valence-corrected chi connectivity index (χ0v) is 10.7. The molecule has 0 saturated carbocycles. The van der Waals surface area contributed by atoms with Gasteiger partial charge in [0.1, 0.15) is 6.10 Å². The number of cyclic esters (lactones) is 1. The van der Waals surface area contributed by atoms with Crippen molar-refractivity contribution in [1.82, 2.24) is 0 Å². The molecule has 0 aromatic heterocycles. The summed E-state index contributed by atoms with van der Waals surface area (Å²) >= 11 is 0. The van der Waals surface area contributed by atoms with E-state index in [4.69, 9.17) is 9.47 Å². The zero-order valence-electron chi connectivity index (χ0n) is 10.7. The van der Waals surface area contributed by atoms with Crippen LogP contribution in [0.4, 0.5) is 0 Å². The van der Waals surface area contributed by atoms with E-state index in [0.717, 1.165) is 6.42 Å². The molecule has 2 atom stereocenters. The average molecular weight is 240 g/mol. The van der Waals surface area contributed by atoms with Crippen LogP contribution in [0.15, 0.2) is 12.2 Å². The molecule has 17 heavy (non-hydrogen) atoms. The van der Waals surface area contributed by atoms with E-state index >= 15 is 0 Å². The van der Waals surface area contributed by atoms with Gasteiger partial charge in [-0.1, -0.05) is 26.8 Å². The normalized spacial score (nSPS) is 27.7. The van der Waals surface area contributed by atoms with Crippen LogP contribution < -0.4 is 0 Å². The molecule has 1 aliphatic heterocycles. The molecule has 1 fully saturated rings. The van der Waals surface area contributed by atoms with Crippen molar-refractivity contribution in [2.45, 2.75) is 58.2 Å². The Bertz CT molecular complexity index is 334. The Labute approximate surface area is 102 Å². The zero-order chi connectivity index (χ0) is 13.1. The lowest BCUT2D eigenvalue weighted by atomic mass is 9.88. The van der Waals surface area contributed by atoms with E-state index in [1.54, 1.807) is 6.92 Å². The van der Waals surface area contributed by atoms with Gasteiger partial charge in [-0.05, 0) is 19.8 Å². The quantitative estimate of drug-likeness (QED) is 0.547. The molecule has 0 aromatic carbocycles. The maximum absolute atomic E-state index is 11.7. The molecule has 1 rings (SSSR count). The summed E-state index contributed by atoms with van der Waals surface area (Å²) in [6, 6.07) is 0. The van der Waals surface area contributed by atoms with Gasteiger partial charge in [-0.3, -0.25) is 4.79 Å².